The predicted molar refractivity (Wildman–Crippen MR) is 83.4 cm³/mol. The lowest BCUT2D eigenvalue weighted by atomic mass is 10.1. The summed E-state index contributed by atoms with van der Waals surface area (Å²) in [5, 5.41) is 15.6. The van der Waals surface area contributed by atoms with Crippen molar-refractivity contribution >= 4 is 11.9 Å². The third kappa shape index (κ3) is 6.06. The summed E-state index contributed by atoms with van der Waals surface area (Å²) in [5.41, 5.74) is 9.28. The summed E-state index contributed by atoms with van der Waals surface area (Å²) in [6.07, 6.45) is 3.98. The Hall–Kier alpha value is -2.86. The largest absolute Gasteiger partial charge is 0.478 e. The summed E-state index contributed by atoms with van der Waals surface area (Å²) in [6, 6.07) is 12.5. The van der Waals surface area contributed by atoms with E-state index in [1.807, 2.05) is 12.3 Å². The molecule has 6 heteroatoms. The second kappa shape index (κ2) is 9.15. The van der Waals surface area contributed by atoms with Crippen molar-refractivity contribution in [1.82, 2.24) is 4.98 Å². The van der Waals surface area contributed by atoms with Crippen LogP contribution in [0.5, 0.6) is 0 Å². The van der Waals surface area contributed by atoms with Crippen molar-refractivity contribution < 1.29 is 19.8 Å². The van der Waals surface area contributed by atoms with Gasteiger partial charge in [-0.15, -0.1) is 0 Å². The van der Waals surface area contributed by atoms with E-state index in [4.69, 9.17) is 15.9 Å². The lowest BCUT2D eigenvalue weighted by Crippen LogP contribution is -2.03. The molecule has 1 aromatic carbocycles. The van der Waals surface area contributed by atoms with E-state index < -0.39 is 11.9 Å². The number of nitrogens with two attached hydrogens (primary N) is 1. The van der Waals surface area contributed by atoms with Gasteiger partial charge in [-0.1, -0.05) is 30.3 Å². The van der Waals surface area contributed by atoms with Crippen LogP contribution in [0.15, 0.2) is 54.7 Å². The van der Waals surface area contributed by atoms with Crippen LogP contribution in [0.2, 0.25) is 0 Å². The molecule has 0 unspecified atom stereocenters. The zero-order valence-corrected chi connectivity index (χ0v) is 11.9. The Balaban J connectivity index is 0.000000261. The molecule has 0 radical (unpaired) electrons. The summed E-state index contributed by atoms with van der Waals surface area (Å²) in [6.45, 7) is 0.681. The Kier molecular flexibility index (Phi) is 7.15. The minimum atomic E-state index is -1.26. The molecular weight excluding hydrogens is 284 g/mol. The molecule has 0 atom stereocenters. The van der Waals surface area contributed by atoms with Crippen molar-refractivity contribution in [2.75, 3.05) is 6.54 Å². The first-order valence-electron chi connectivity index (χ1n) is 6.60. The fourth-order valence-corrected chi connectivity index (χ4v) is 1.79. The van der Waals surface area contributed by atoms with Gasteiger partial charge in [0.25, 0.3) is 0 Å². The van der Waals surface area contributed by atoms with Crippen LogP contribution in [0.4, 0.5) is 0 Å². The highest BCUT2D eigenvalue weighted by molar-refractivity contribution is 5.89. The third-order valence-corrected chi connectivity index (χ3v) is 2.68. The normalized spacial score (nSPS) is 10.0. The van der Waals surface area contributed by atoms with Gasteiger partial charge < -0.3 is 20.9 Å². The monoisotopic (exact) mass is 302 g/mol. The van der Waals surface area contributed by atoms with Crippen molar-refractivity contribution in [2.24, 2.45) is 5.73 Å². The number of carbonyl (C=O) groups is 2. The summed E-state index contributed by atoms with van der Waals surface area (Å²) in [5.74, 6) is -2.51. The predicted octanol–water partition coefficient (Wildman–Crippen LogP) is 1.89. The summed E-state index contributed by atoms with van der Waals surface area (Å²) >= 11 is 0. The Bertz CT molecular complexity index is 617. The minimum Gasteiger partial charge on any atom is -0.478 e. The molecule has 0 saturated heterocycles. The van der Waals surface area contributed by atoms with Crippen LogP contribution < -0.4 is 5.73 Å². The van der Waals surface area contributed by atoms with Crippen molar-refractivity contribution in [1.29, 1.82) is 0 Å². The van der Waals surface area contributed by atoms with Crippen LogP contribution in [-0.2, 0) is 16.0 Å². The average molecular weight is 302 g/mol. The van der Waals surface area contributed by atoms with Gasteiger partial charge in [-0.25, -0.2) is 9.59 Å². The van der Waals surface area contributed by atoms with E-state index in [0.29, 0.717) is 18.7 Å². The highest BCUT2D eigenvalue weighted by Gasteiger charge is 2.03. The molecule has 5 N–H and O–H groups in total. The number of aromatic nitrogens is 1. The molecule has 22 heavy (non-hydrogen) atoms. The summed E-state index contributed by atoms with van der Waals surface area (Å²) in [4.78, 5) is 22.3. The highest BCUT2D eigenvalue weighted by atomic mass is 16.4. The highest BCUT2D eigenvalue weighted by Crippen LogP contribution is 2.22. The maximum absolute atomic E-state index is 9.55. The van der Waals surface area contributed by atoms with E-state index in [2.05, 4.69) is 35.3 Å². The molecule has 0 bridgehead atoms. The van der Waals surface area contributed by atoms with Gasteiger partial charge in [-0.3, -0.25) is 0 Å². The quantitative estimate of drug-likeness (QED) is 0.629. The molecule has 0 fully saturated rings. The first-order valence-corrected chi connectivity index (χ1v) is 6.60. The first-order chi connectivity index (χ1) is 10.5. The van der Waals surface area contributed by atoms with Gasteiger partial charge in [0.2, 0.25) is 0 Å². The van der Waals surface area contributed by atoms with E-state index in [1.54, 1.807) is 0 Å². The second-order valence-electron chi connectivity index (χ2n) is 4.28. The lowest BCUT2D eigenvalue weighted by molar-refractivity contribution is -0.134. The van der Waals surface area contributed by atoms with Gasteiger partial charge in [0.15, 0.2) is 0 Å². The number of benzene rings is 1. The van der Waals surface area contributed by atoms with Gasteiger partial charge in [0, 0.05) is 36.0 Å². The van der Waals surface area contributed by atoms with Crippen LogP contribution in [0, 0.1) is 0 Å². The van der Waals surface area contributed by atoms with Gasteiger partial charge in [0.1, 0.15) is 0 Å². The molecule has 0 aliphatic carbocycles. The molecule has 0 saturated carbocycles. The van der Waals surface area contributed by atoms with Crippen molar-refractivity contribution in [2.45, 2.75) is 6.42 Å². The Morgan fingerprint density at radius 2 is 1.64 bits per heavy atom. The number of hydrogen-bond acceptors (Lipinski definition) is 3. The Morgan fingerprint density at radius 3 is 2.14 bits per heavy atom. The number of rotatable bonds is 5. The molecule has 2 rings (SSSR count). The van der Waals surface area contributed by atoms with E-state index in [-0.39, 0.29) is 0 Å². The molecule has 0 aliphatic rings. The standard InChI is InChI=1S/C12H14N2.C4H4O4/c13-8-6-12-11(7-9-14-12)10-4-2-1-3-5-10;5-3(6)1-2-4(7)8/h1-5,7,9,14H,6,8,13H2;1-2H,(H,5,6)(H,7,8)/b;2-1+. The Morgan fingerprint density at radius 1 is 1.05 bits per heavy atom. The van der Waals surface area contributed by atoms with Gasteiger partial charge in [-0.05, 0) is 18.2 Å². The third-order valence-electron chi connectivity index (χ3n) is 2.68. The number of aromatic amines is 1. The summed E-state index contributed by atoms with van der Waals surface area (Å²) in [7, 11) is 0. The fraction of sp³-hybridized carbons (Fsp3) is 0.125. The number of hydrogen-bond donors (Lipinski definition) is 4. The van der Waals surface area contributed by atoms with Crippen molar-refractivity contribution in [3.63, 3.8) is 0 Å². The number of aliphatic carboxylic acids is 2. The molecular formula is C16H18N2O4. The van der Waals surface area contributed by atoms with Crippen LogP contribution in [0.3, 0.4) is 0 Å². The van der Waals surface area contributed by atoms with Gasteiger partial charge in [-0.2, -0.15) is 0 Å². The number of H-pyrrole nitrogens is 1. The molecule has 0 aliphatic heterocycles. The number of carboxylic acid groups (broad SMARTS) is 2. The summed E-state index contributed by atoms with van der Waals surface area (Å²) < 4.78 is 0. The van der Waals surface area contributed by atoms with E-state index in [1.165, 1.54) is 16.8 Å². The SMILES string of the molecule is NCCc1[nH]ccc1-c1ccccc1.O=C(O)/C=C/C(=O)O. The maximum Gasteiger partial charge on any atom is 0.328 e. The number of nitrogens with one attached hydrogen (secondary N) is 1. The van der Waals surface area contributed by atoms with Gasteiger partial charge >= 0.3 is 11.9 Å². The zero-order valence-electron chi connectivity index (χ0n) is 11.9. The van der Waals surface area contributed by atoms with E-state index in [0.717, 1.165) is 6.42 Å². The molecule has 1 heterocycles. The minimum absolute atomic E-state index is 0.558. The first kappa shape index (κ1) is 17.2. The lowest BCUT2D eigenvalue weighted by Gasteiger charge is -2.02. The van der Waals surface area contributed by atoms with Crippen molar-refractivity contribution in [3.8, 4) is 11.1 Å². The fourth-order valence-electron chi connectivity index (χ4n) is 1.79. The maximum atomic E-state index is 9.55. The van der Waals surface area contributed by atoms with E-state index >= 15 is 0 Å². The zero-order chi connectivity index (χ0) is 16.4. The van der Waals surface area contributed by atoms with Crippen LogP contribution in [0.25, 0.3) is 11.1 Å². The molecule has 116 valence electrons. The van der Waals surface area contributed by atoms with Crippen LogP contribution in [0.1, 0.15) is 5.69 Å². The van der Waals surface area contributed by atoms with Crippen LogP contribution in [-0.4, -0.2) is 33.7 Å². The molecule has 2 aromatic rings. The molecule has 0 amide bonds. The Labute approximate surface area is 127 Å². The van der Waals surface area contributed by atoms with Crippen LogP contribution >= 0.6 is 0 Å². The molecule has 0 spiro atoms. The smallest absolute Gasteiger partial charge is 0.328 e. The van der Waals surface area contributed by atoms with Gasteiger partial charge in [0.05, 0.1) is 0 Å². The average Bonchev–Trinajstić information content (AvgIpc) is 2.95. The molecule has 1 aromatic heterocycles. The van der Waals surface area contributed by atoms with Crippen molar-refractivity contribution in [3.05, 3.63) is 60.4 Å². The van der Waals surface area contributed by atoms with E-state index in [9.17, 15) is 9.59 Å². The molecule has 6 nitrogen and oxygen atoms in total. The number of carboxylic acids is 2. The second-order valence-corrected chi connectivity index (χ2v) is 4.28. The topological polar surface area (TPSA) is 116 Å².